The van der Waals surface area contributed by atoms with Crippen molar-refractivity contribution in [2.75, 3.05) is 6.54 Å². The van der Waals surface area contributed by atoms with E-state index in [-0.39, 0.29) is 17.9 Å². The number of nitrogens with zero attached hydrogens (tertiary/aromatic N) is 4. The lowest BCUT2D eigenvalue weighted by Gasteiger charge is -2.29. The number of aryl methyl sites for hydroxylation is 2. The highest BCUT2D eigenvalue weighted by molar-refractivity contribution is 5.84. The molecule has 2 aromatic rings. The van der Waals surface area contributed by atoms with Gasteiger partial charge in [0.25, 0.3) is 5.91 Å². The van der Waals surface area contributed by atoms with Crippen LogP contribution in [-0.4, -0.2) is 54.6 Å². The van der Waals surface area contributed by atoms with Gasteiger partial charge in [-0.3, -0.25) is 9.59 Å². The van der Waals surface area contributed by atoms with Gasteiger partial charge < -0.3 is 15.3 Å². The fourth-order valence-corrected chi connectivity index (χ4v) is 5.15. The molecule has 174 valence electrons. The second-order valence-electron chi connectivity index (χ2n) is 9.86. The highest BCUT2D eigenvalue weighted by atomic mass is 16.3. The second-order valence-corrected chi connectivity index (χ2v) is 9.86. The minimum Gasteiger partial charge on any atom is -0.381 e. The zero-order chi connectivity index (χ0) is 23.0. The van der Waals surface area contributed by atoms with Gasteiger partial charge in [-0.25, -0.2) is 9.50 Å². The number of rotatable bonds is 6. The number of hydrogen-bond donors (Lipinski definition) is 2. The topological polar surface area (TPSA) is 99.8 Å². The molecule has 2 aromatic heterocycles. The van der Waals surface area contributed by atoms with E-state index in [1.807, 2.05) is 24.4 Å². The summed E-state index contributed by atoms with van der Waals surface area (Å²) in [6.45, 7) is 7.66. The van der Waals surface area contributed by atoms with Crippen LogP contribution >= 0.6 is 0 Å². The van der Waals surface area contributed by atoms with Gasteiger partial charge in [0.1, 0.15) is 5.60 Å². The average molecular weight is 442 g/mol. The molecule has 0 bridgehead atoms. The van der Waals surface area contributed by atoms with Crippen LogP contribution in [0.3, 0.4) is 0 Å². The van der Waals surface area contributed by atoms with Gasteiger partial charge in [0.05, 0.1) is 11.7 Å². The molecule has 1 aliphatic heterocycles. The Bertz CT molecular complexity index is 1020. The lowest BCUT2D eigenvalue weighted by molar-refractivity contribution is -0.148. The molecule has 2 aliphatic rings. The Morgan fingerprint density at radius 2 is 1.91 bits per heavy atom. The maximum Gasteiger partial charge on any atom is 0.254 e. The summed E-state index contributed by atoms with van der Waals surface area (Å²) in [5, 5.41) is 18.2. The number of likely N-dealkylation sites (tertiary alicyclic amines) is 1. The van der Waals surface area contributed by atoms with Crippen LogP contribution in [0.1, 0.15) is 87.5 Å². The second kappa shape index (κ2) is 8.81. The van der Waals surface area contributed by atoms with Crippen LogP contribution < -0.4 is 5.32 Å². The minimum atomic E-state index is -1.40. The van der Waals surface area contributed by atoms with Crippen LogP contribution in [0.5, 0.6) is 0 Å². The summed E-state index contributed by atoms with van der Waals surface area (Å²) in [6.07, 6.45) is 7.33. The van der Waals surface area contributed by atoms with Crippen molar-refractivity contribution in [2.24, 2.45) is 0 Å². The Balaban J connectivity index is 1.53. The summed E-state index contributed by atoms with van der Waals surface area (Å²) < 4.78 is 1.83. The molecule has 0 spiro atoms. The highest BCUT2D eigenvalue weighted by Crippen LogP contribution is 2.33. The molecule has 2 N–H and O–H groups in total. The molecule has 4 rings (SSSR count). The fourth-order valence-electron chi connectivity index (χ4n) is 5.15. The van der Waals surface area contributed by atoms with E-state index < -0.39 is 5.60 Å². The molecular weight excluding hydrogens is 406 g/mol. The molecule has 8 heteroatoms. The molecule has 1 atom stereocenters. The molecule has 1 saturated carbocycles. The maximum atomic E-state index is 12.7. The highest BCUT2D eigenvalue weighted by Gasteiger charge is 2.38. The average Bonchev–Trinajstić information content (AvgIpc) is 3.46. The predicted molar refractivity (Wildman–Crippen MR) is 121 cm³/mol. The molecule has 8 nitrogen and oxygen atoms in total. The Labute approximate surface area is 189 Å². The first-order valence-electron chi connectivity index (χ1n) is 11.8. The number of carbonyl (C=O) groups excluding carboxylic acids is 2. The summed E-state index contributed by atoms with van der Waals surface area (Å²) in [7, 11) is 0. The Kier molecular flexibility index (Phi) is 6.25. The first kappa shape index (κ1) is 22.7. The van der Waals surface area contributed by atoms with Crippen LogP contribution in [0.15, 0.2) is 6.07 Å². The number of aliphatic hydroxyl groups is 1. The van der Waals surface area contributed by atoms with Crippen molar-refractivity contribution in [3.8, 4) is 0 Å². The third-order valence-corrected chi connectivity index (χ3v) is 6.88. The third-order valence-electron chi connectivity index (χ3n) is 6.88. The molecule has 3 heterocycles. The van der Waals surface area contributed by atoms with E-state index in [4.69, 9.17) is 10.1 Å². The van der Waals surface area contributed by atoms with Crippen molar-refractivity contribution < 1.29 is 14.7 Å². The first-order chi connectivity index (χ1) is 15.1. The van der Waals surface area contributed by atoms with Gasteiger partial charge >= 0.3 is 0 Å². The predicted octanol–water partition coefficient (Wildman–Crippen LogP) is 2.77. The summed E-state index contributed by atoms with van der Waals surface area (Å²) in [4.78, 5) is 31.6. The van der Waals surface area contributed by atoms with Crippen molar-refractivity contribution in [3.05, 3.63) is 28.7 Å². The summed E-state index contributed by atoms with van der Waals surface area (Å²) in [5.41, 5.74) is 3.07. The van der Waals surface area contributed by atoms with Crippen LogP contribution in [-0.2, 0) is 16.0 Å². The van der Waals surface area contributed by atoms with E-state index in [0.717, 1.165) is 54.0 Å². The van der Waals surface area contributed by atoms with Crippen molar-refractivity contribution in [1.29, 1.82) is 0 Å². The third kappa shape index (κ3) is 4.51. The Morgan fingerprint density at radius 3 is 2.59 bits per heavy atom. The summed E-state index contributed by atoms with van der Waals surface area (Å²) in [5.74, 6) is -0.171. The smallest absolute Gasteiger partial charge is 0.254 e. The van der Waals surface area contributed by atoms with E-state index in [0.29, 0.717) is 25.4 Å². The van der Waals surface area contributed by atoms with Gasteiger partial charge in [-0.15, -0.1) is 0 Å². The van der Waals surface area contributed by atoms with E-state index in [1.54, 1.807) is 4.90 Å². The minimum absolute atomic E-state index is 0.101. The molecule has 2 fully saturated rings. The summed E-state index contributed by atoms with van der Waals surface area (Å²) >= 11 is 0. The molecule has 32 heavy (non-hydrogen) atoms. The van der Waals surface area contributed by atoms with Gasteiger partial charge in [-0.1, -0.05) is 12.8 Å². The SMILES string of the molecule is Cc1nc2cc([C@H]3CCCN3C(=O)C(C)(C)O)nn2c(C)c1CCC(=O)NC1CCCC1. The molecule has 0 aromatic carbocycles. The van der Waals surface area contributed by atoms with Crippen molar-refractivity contribution in [1.82, 2.24) is 24.8 Å². The number of carbonyl (C=O) groups is 2. The maximum absolute atomic E-state index is 12.7. The van der Waals surface area contributed by atoms with Gasteiger partial charge in [-0.05, 0) is 65.4 Å². The van der Waals surface area contributed by atoms with Gasteiger partial charge in [0, 0.05) is 36.5 Å². The number of fused-ring (bicyclic) bond motifs is 1. The van der Waals surface area contributed by atoms with Gasteiger partial charge in [0.2, 0.25) is 5.91 Å². The van der Waals surface area contributed by atoms with E-state index in [2.05, 4.69) is 5.32 Å². The number of aromatic nitrogens is 3. The van der Waals surface area contributed by atoms with Gasteiger partial charge in [-0.2, -0.15) is 5.10 Å². The number of amides is 2. The summed E-state index contributed by atoms with van der Waals surface area (Å²) in [6, 6.07) is 2.12. The lowest BCUT2D eigenvalue weighted by Crippen LogP contribution is -2.44. The number of hydrogen-bond acceptors (Lipinski definition) is 5. The quantitative estimate of drug-likeness (QED) is 0.718. The fraction of sp³-hybridized carbons (Fsp3) is 0.667. The van der Waals surface area contributed by atoms with Crippen LogP contribution in [0, 0.1) is 13.8 Å². The Hall–Kier alpha value is -2.48. The van der Waals surface area contributed by atoms with Gasteiger partial charge in [0.15, 0.2) is 5.65 Å². The van der Waals surface area contributed by atoms with E-state index in [1.165, 1.54) is 26.7 Å². The van der Waals surface area contributed by atoms with Crippen molar-refractivity contribution >= 4 is 17.5 Å². The zero-order valence-electron chi connectivity index (χ0n) is 19.6. The normalized spacial score (nSPS) is 19.8. The van der Waals surface area contributed by atoms with Crippen LogP contribution in [0.25, 0.3) is 5.65 Å². The molecule has 1 saturated heterocycles. The molecule has 0 unspecified atom stereocenters. The monoisotopic (exact) mass is 441 g/mol. The molecule has 2 amide bonds. The lowest BCUT2D eigenvalue weighted by atomic mass is 10.1. The van der Waals surface area contributed by atoms with Crippen molar-refractivity contribution in [2.45, 2.75) is 96.7 Å². The molecular formula is C24H35N5O3. The van der Waals surface area contributed by atoms with Crippen LogP contribution in [0.2, 0.25) is 0 Å². The largest absolute Gasteiger partial charge is 0.381 e. The number of nitrogens with one attached hydrogen (secondary N) is 1. The molecule has 1 aliphatic carbocycles. The van der Waals surface area contributed by atoms with Crippen molar-refractivity contribution in [3.63, 3.8) is 0 Å². The standard InChI is InChI=1S/C24H35N5O3/c1-15-18(11-12-22(30)26-17-8-5-6-9-17)16(2)29-21(25-15)14-19(27-29)20-10-7-13-28(20)23(31)24(3,4)32/h14,17,20,32H,5-13H2,1-4H3,(H,26,30)/t20-/m1/s1. The zero-order valence-corrected chi connectivity index (χ0v) is 19.6. The van der Waals surface area contributed by atoms with Crippen LogP contribution in [0.4, 0.5) is 0 Å². The van der Waals surface area contributed by atoms with E-state index >= 15 is 0 Å². The first-order valence-corrected chi connectivity index (χ1v) is 11.8. The Morgan fingerprint density at radius 1 is 1.19 bits per heavy atom. The molecule has 0 radical (unpaired) electrons. The van der Waals surface area contributed by atoms with E-state index in [9.17, 15) is 14.7 Å².